The average molecular weight is 267 g/mol. The summed E-state index contributed by atoms with van der Waals surface area (Å²) in [4.78, 5) is 2.57. The Morgan fingerprint density at radius 2 is 1.79 bits per heavy atom. The molecule has 0 bridgehead atoms. The monoisotopic (exact) mass is 267 g/mol. The van der Waals surface area contributed by atoms with Crippen LogP contribution in [0.1, 0.15) is 51.4 Å². The highest BCUT2D eigenvalue weighted by Gasteiger charge is 2.36. The quantitative estimate of drug-likeness (QED) is 0.834. The Kier molecular flexibility index (Phi) is 4.45. The Bertz CT molecular complexity index is 278. The minimum absolute atomic E-state index is 0.140. The molecule has 0 amide bonds. The molecule has 0 aromatic carbocycles. The number of aliphatic hydroxyl groups is 1. The van der Waals surface area contributed by atoms with Crippen molar-refractivity contribution >= 4 is 0 Å². The zero-order chi connectivity index (χ0) is 13.1. The number of rotatable bonds is 2. The number of hydrogen-bond donors (Lipinski definition) is 1. The van der Waals surface area contributed by atoms with Gasteiger partial charge in [-0.25, -0.2) is 0 Å². The van der Waals surface area contributed by atoms with Gasteiger partial charge < -0.3 is 14.7 Å². The molecule has 2 saturated heterocycles. The van der Waals surface area contributed by atoms with E-state index in [9.17, 15) is 5.11 Å². The first-order valence-corrected chi connectivity index (χ1v) is 8.26. The van der Waals surface area contributed by atoms with E-state index in [0.717, 1.165) is 26.2 Å². The summed E-state index contributed by atoms with van der Waals surface area (Å²) in [6, 6.07) is 0. The van der Waals surface area contributed by atoms with Crippen molar-refractivity contribution in [3.63, 3.8) is 0 Å². The minimum Gasteiger partial charge on any atom is -0.393 e. The minimum atomic E-state index is -0.140. The van der Waals surface area contributed by atoms with Crippen LogP contribution in [-0.4, -0.2) is 49.0 Å². The van der Waals surface area contributed by atoms with E-state index >= 15 is 0 Å². The fourth-order valence-electron chi connectivity index (χ4n) is 4.30. The van der Waals surface area contributed by atoms with Crippen molar-refractivity contribution in [3.05, 3.63) is 0 Å². The fraction of sp³-hybridized carbons (Fsp3) is 1.00. The lowest BCUT2D eigenvalue weighted by molar-refractivity contribution is -0.0532. The lowest BCUT2D eigenvalue weighted by Gasteiger charge is -2.45. The van der Waals surface area contributed by atoms with Crippen LogP contribution in [-0.2, 0) is 4.74 Å². The van der Waals surface area contributed by atoms with Gasteiger partial charge in [0, 0.05) is 19.1 Å². The average Bonchev–Trinajstić information content (AvgIpc) is 2.45. The van der Waals surface area contributed by atoms with Crippen LogP contribution in [0.4, 0.5) is 0 Å². The van der Waals surface area contributed by atoms with Crippen molar-refractivity contribution in [3.8, 4) is 0 Å². The van der Waals surface area contributed by atoms with Gasteiger partial charge in [-0.15, -0.1) is 0 Å². The van der Waals surface area contributed by atoms with E-state index in [0.29, 0.717) is 11.3 Å². The lowest BCUT2D eigenvalue weighted by atomic mass is 9.68. The van der Waals surface area contributed by atoms with Gasteiger partial charge in [0.15, 0.2) is 0 Å². The molecule has 2 aliphatic heterocycles. The van der Waals surface area contributed by atoms with Gasteiger partial charge >= 0.3 is 0 Å². The van der Waals surface area contributed by atoms with Crippen molar-refractivity contribution in [2.75, 3.05) is 32.8 Å². The SMILES string of the molecule is OC1CCOCC1CN1CCC2(CCCCC2)CC1. The van der Waals surface area contributed by atoms with E-state index in [1.165, 1.54) is 58.0 Å². The molecule has 2 atom stereocenters. The molecule has 1 aliphatic carbocycles. The van der Waals surface area contributed by atoms with Crippen molar-refractivity contribution in [1.29, 1.82) is 0 Å². The van der Waals surface area contributed by atoms with E-state index in [2.05, 4.69) is 4.90 Å². The highest BCUT2D eigenvalue weighted by atomic mass is 16.5. The van der Waals surface area contributed by atoms with Gasteiger partial charge in [0.05, 0.1) is 12.7 Å². The second-order valence-corrected chi connectivity index (χ2v) is 7.05. The summed E-state index contributed by atoms with van der Waals surface area (Å²) in [5.41, 5.74) is 0.691. The van der Waals surface area contributed by atoms with Crippen molar-refractivity contribution in [2.45, 2.75) is 57.5 Å². The Hall–Kier alpha value is -0.120. The van der Waals surface area contributed by atoms with Gasteiger partial charge in [-0.3, -0.25) is 0 Å². The Morgan fingerprint density at radius 1 is 1.05 bits per heavy atom. The standard InChI is InChI=1S/C16H29NO2/c18-15-4-11-19-13-14(15)12-17-9-7-16(8-10-17)5-2-1-3-6-16/h14-15,18H,1-13H2. The molecule has 1 spiro atoms. The highest BCUT2D eigenvalue weighted by molar-refractivity contribution is 4.89. The van der Waals surface area contributed by atoms with Gasteiger partial charge in [-0.2, -0.15) is 0 Å². The predicted molar refractivity (Wildman–Crippen MR) is 76.1 cm³/mol. The summed E-state index contributed by atoms with van der Waals surface area (Å²) in [6.45, 7) is 5.01. The first-order valence-electron chi connectivity index (χ1n) is 8.26. The van der Waals surface area contributed by atoms with E-state index in [1.54, 1.807) is 0 Å². The zero-order valence-corrected chi connectivity index (χ0v) is 12.1. The Morgan fingerprint density at radius 3 is 2.47 bits per heavy atom. The zero-order valence-electron chi connectivity index (χ0n) is 12.1. The molecule has 3 rings (SSSR count). The fourth-order valence-corrected chi connectivity index (χ4v) is 4.30. The molecule has 2 heterocycles. The highest BCUT2D eigenvalue weighted by Crippen LogP contribution is 2.44. The summed E-state index contributed by atoms with van der Waals surface area (Å²) < 4.78 is 5.52. The molecule has 3 heteroatoms. The molecular weight excluding hydrogens is 238 g/mol. The Balaban J connectivity index is 1.47. The van der Waals surface area contributed by atoms with E-state index in [-0.39, 0.29) is 6.10 Å². The summed E-state index contributed by atoms with van der Waals surface area (Å²) >= 11 is 0. The Labute approximate surface area is 117 Å². The molecule has 2 unspecified atom stereocenters. The van der Waals surface area contributed by atoms with E-state index in [1.807, 2.05) is 0 Å². The van der Waals surface area contributed by atoms with Crippen LogP contribution in [0.2, 0.25) is 0 Å². The molecule has 110 valence electrons. The van der Waals surface area contributed by atoms with Crippen LogP contribution in [0.5, 0.6) is 0 Å². The van der Waals surface area contributed by atoms with E-state index in [4.69, 9.17) is 4.74 Å². The number of aliphatic hydroxyl groups excluding tert-OH is 1. The topological polar surface area (TPSA) is 32.7 Å². The van der Waals surface area contributed by atoms with Crippen LogP contribution in [0.25, 0.3) is 0 Å². The molecule has 3 fully saturated rings. The summed E-state index contributed by atoms with van der Waals surface area (Å²) in [6.07, 6.45) is 10.8. The second kappa shape index (κ2) is 6.11. The van der Waals surface area contributed by atoms with Crippen LogP contribution in [0.3, 0.4) is 0 Å². The smallest absolute Gasteiger partial charge is 0.0624 e. The van der Waals surface area contributed by atoms with E-state index < -0.39 is 0 Å². The second-order valence-electron chi connectivity index (χ2n) is 7.05. The van der Waals surface area contributed by atoms with Gasteiger partial charge in [0.1, 0.15) is 0 Å². The predicted octanol–water partition coefficient (Wildman–Crippen LogP) is 2.43. The number of piperidine rings is 1. The number of likely N-dealkylation sites (tertiary alicyclic amines) is 1. The normalized spacial score (nSPS) is 36.5. The number of ether oxygens (including phenoxy) is 1. The van der Waals surface area contributed by atoms with Crippen LogP contribution >= 0.6 is 0 Å². The summed E-state index contributed by atoms with van der Waals surface area (Å²) in [7, 11) is 0. The van der Waals surface area contributed by atoms with Gasteiger partial charge in [-0.1, -0.05) is 19.3 Å². The third-order valence-corrected chi connectivity index (χ3v) is 5.76. The molecule has 3 nitrogen and oxygen atoms in total. The summed E-state index contributed by atoms with van der Waals surface area (Å²) in [5.74, 6) is 0.342. The maximum Gasteiger partial charge on any atom is 0.0624 e. The van der Waals surface area contributed by atoms with Crippen molar-refractivity contribution < 1.29 is 9.84 Å². The maximum atomic E-state index is 10.0. The molecule has 1 N–H and O–H groups in total. The molecule has 0 aromatic heterocycles. The first kappa shape index (κ1) is 13.8. The number of nitrogens with zero attached hydrogens (tertiary/aromatic N) is 1. The number of hydrogen-bond acceptors (Lipinski definition) is 3. The molecule has 0 radical (unpaired) electrons. The largest absolute Gasteiger partial charge is 0.393 e. The van der Waals surface area contributed by atoms with Gasteiger partial charge in [0.25, 0.3) is 0 Å². The van der Waals surface area contributed by atoms with Crippen LogP contribution in [0.15, 0.2) is 0 Å². The molecule has 0 aromatic rings. The molecule has 19 heavy (non-hydrogen) atoms. The van der Waals surface area contributed by atoms with Gasteiger partial charge in [0.2, 0.25) is 0 Å². The molecule has 3 aliphatic rings. The van der Waals surface area contributed by atoms with Crippen molar-refractivity contribution in [1.82, 2.24) is 4.90 Å². The third kappa shape index (κ3) is 3.32. The summed E-state index contributed by atoms with van der Waals surface area (Å²) in [5, 5.41) is 10.0. The molecule has 1 saturated carbocycles. The third-order valence-electron chi connectivity index (χ3n) is 5.76. The maximum absolute atomic E-state index is 10.0. The van der Waals surface area contributed by atoms with Crippen molar-refractivity contribution in [2.24, 2.45) is 11.3 Å². The van der Waals surface area contributed by atoms with Crippen LogP contribution in [0, 0.1) is 11.3 Å². The van der Waals surface area contributed by atoms with Gasteiger partial charge in [-0.05, 0) is 50.6 Å². The first-order chi connectivity index (χ1) is 9.27. The lowest BCUT2D eigenvalue weighted by Crippen LogP contribution is -2.46. The van der Waals surface area contributed by atoms with Crippen LogP contribution < -0.4 is 0 Å². The molecular formula is C16H29NO2.